The Morgan fingerprint density at radius 2 is 1.81 bits per heavy atom. The van der Waals surface area contributed by atoms with E-state index in [0.717, 1.165) is 5.56 Å². The Labute approximate surface area is 218 Å². The Hall–Kier alpha value is -4.04. The lowest BCUT2D eigenvalue weighted by molar-refractivity contribution is -0.139. The van der Waals surface area contributed by atoms with Crippen LogP contribution < -0.4 is 9.47 Å². The van der Waals surface area contributed by atoms with Crippen LogP contribution in [0.4, 0.5) is 4.39 Å². The van der Waals surface area contributed by atoms with Gasteiger partial charge in [0.15, 0.2) is 11.5 Å². The van der Waals surface area contributed by atoms with Gasteiger partial charge in [0.1, 0.15) is 17.3 Å². The van der Waals surface area contributed by atoms with Gasteiger partial charge in [-0.2, -0.15) is 0 Å². The first-order valence-corrected chi connectivity index (χ1v) is 12.0. The Morgan fingerprint density at radius 3 is 2.49 bits per heavy atom. The number of hydrogen-bond donors (Lipinski definition) is 2. The fourth-order valence-corrected chi connectivity index (χ4v) is 4.49. The molecule has 3 aromatic carbocycles. The molecule has 9 heteroatoms. The predicted molar refractivity (Wildman–Crippen MR) is 136 cm³/mol. The van der Waals surface area contributed by atoms with Crippen LogP contribution in [0, 0.1) is 5.82 Å². The summed E-state index contributed by atoms with van der Waals surface area (Å²) in [5.74, 6) is -2.07. The van der Waals surface area contributed by atoms with Crippen LogP contribution in [-0.2, 0) is 16.0 Å². The number of ether oxygens (including phenoxy) is 2. The lowest BCUT2D eigenvalue weighted by Gasteiger charge is -2.26. The number of carbonyl (C=O) groups is 2. The zero-order valence-electron chi connectivity index (χ0n) is 20.2. The largest absolute Gasteiger partial charge is 0.507 e. The summed E-state index contributed by atoms with van der Waals surface area (Å²) < 4.78 is 24.1. The highest BCUT2D eigenvalue weighted by Gasteiger charge is 2.46. The van der Waals surface area contributed by atoms with E-state index in [0.29, 0.717) is 17.7 Å². The normalized spacial score (nSPS) is 16.8. The van der Waals surface area contributed by atoms with Crippen molar-refractivity contribution in [2.45, 2.75) is 19.4 Å². The monoisotopic (exact) mass is 525 g/mol. The van der Waals surface area contributed by atoms with Crippen LogP contribution >= 0.6 is 11.6 Å². The first-order valence-electron chi connectivity index (χ1n) is 11.6. The van der Waals surface area contributed by atoms with Gasteiger partial charge in [-0.1, -0.05) is 29.8 Å². The average molecular weight is 526 g/mol. The van der Waals surface area contributed by atoms with E-state index in [2.05, 4.69) is 0 Å². The van der Waals surface area contributed by atoms with Crippen LogP contribution in [0.2, 0.25) is 5.02 Å². The molecule has 3 aromatic rings. The number of Topliss-reactive ketones (excluding diaryl/α,β-unsaturated/α-hetero) is 1. The fourth-order valence-electron chi connectivity index (χ4n) is 4.29. The maximum atomic E-state index is 13.4. The maximum absolute atomic E-state index is 13.4. The minimum atomic E-state index is -0.998. The van der Waals surface area contributed by atoms with Gasteiger partial charge in [0.05, 0.1) is 30.4 Å². The van der Waals surface area contributed by atoms with Gasteiger partial charge in [0, 0.05) is 12.1 Å². The molecule has 1 atom stereocenters. The van der Waals surface area contributed by atoms with Gasteiger partial charge in [-0.15, -0.1) is 0 Å². The third-order valence-corrected chi connectivity index (χ3v) is 6.45. The van der Waals surface area contributed by atoms with E-state index >= 15 is 0 Å². The number of phenols is 1. The van der Waals surface area contributed by atoms with Gasteiger partial charge in [0.25, 0.3) is 11.7 Å². The molecule has 1 aliphatic rings. The second-order valence-electron chi connectivity index (χ2n) is 8.37. The number of hydrogen-bond acceptors (Lipinski definition) is 6. The van der Waals surface area contributed by atoms with E-state index in [1.165, 1.54) is 48.4 Å². The standard InChI is InChI=1S/C28H25ClFNO6/c1-3-37-23-14-17(6-11-22(23)32)25-24(26(33)20-15-19(36-2)9-10-21(20)29)27(34)28(35)31(25)13-12-16-4-7-18(30)8-5-16/h4-11,14-15,25,32-33H,3,12-13H2,1-2H3/b26-24+. The first kappa shape index (κ1) is 26.0. The zero-order valence-corrected chi connectivity index (χ0v) is 21.0. The molecule has 192 valence electrons. The summed E-state index contributed by atoms with van der Waals surface area (Å²) in [5.41, 5.74) is 1.18. The Bertz CT molecular complexity index is 1370. The highest BCUT2D eigenvalue weighted by Crippen LogP contribution is 2.43. The van der Waals surface area contributed by atoms with E-state index in [9.17, 15) is 24.2 Å². The molecule has 0 radical (unpaired) electrons. The molecule has 1 amide bonds. The van der Waals surface area contributed by atoms with Gasteiger partial charge >= 0.3 is 0 Å². The highest BCUT2D eigenvalue weighted by atomic mass is 35.5. The van der Waals surface area contributed by atoms with Crippen molar-refractivity contribution in [2.24, 2.45) is 0 Å². The van der Waals surface area contributed by atoms with Gasteiger partial charge < -0.3 is 24.6 Å². The molecule has 37 heavy (non-hydrogen) atoms. The van der Waals surface area contributed by atoms with Crippen LogP contribution in [0.25, 0.3) is 5.76 Å². The Kier molecular flexibility index (Phi) is 7.69. The number of aromatic hydroxyl groups is 1. The van der Waals surface area contributed by atoms with Crippen LogP contribution in [0.3, 0.4) is 0 Å². The minimum Gasteiger partial charge on any atom is -0.507 e. The number of halogens is 2. The molecule has 0 spiro atoms. The molecule has 7 nitrogen and oxygen atoms in total. The Balaban J connectivity index is 1.84. The number of rotatable bonds is 8. The number of aliphatic hydroxyl groups is 1. The van der Waals surface area contributed by atoms with Crippen molar-refractivity contribution in [3.05, 3.63) is 93.8 Å². The van der Waals surface area contributed by atoms with E-state index < -0.39 is 23.5 Å². The van der Waals surface area contributed by atoms with Crippen molar-refractivity contribution in [3.8, 4) is 17.2 Å². The molecule has 1 aliphatic heterocycles. The molecule has 1 fully saturated rings. The van der Waals surface area contributed by atoms with Crippen molar-refractivity contribution in [1.82, 2.24) is 4.90 Å². The van der Waals surface area contributed by atoms with E-state index in [-0.39, 0.29) is 46.6 Å². The van der Waals surface area contributed by atoms with Crippen molar-refractivity contribution in [2.75, 3.05) is 20.3 Å². The predicted octanol–water partition coefficient (Wildman–Crippen LogP) is 5.26. The molecule has 0 bridgehead atoms. The third kappa shape index (κ3) is 5.24. The number of ketones is 1. The lowest BCUT2D eigenvalue weighted by Crippen LogP contribution is -2.31. The molecule has 0 aromatic heterocycles. The molecule has 1 heterocycles. The molecule has 4 rings (SSSR count). The smallest absolute Gasteiger partial charge is 0.295 e. The van der Waals surface area contributed by atoms with Crippen LogP contribution in [0.5, 0.6) is 17.2 Å². The first-order chi connectivity index (χ1) is 17.7. The van der Waals surface area contributed by atoms with E-state index in [1.807, 2.05) is 0 Å². The second kappa shape index (κ2) is 10.9. The summed E-state index contributed by atoms with van der Waals surface area (Å²) in [6, 6.07) is 13.9. The van der Waals surface area contributed by atoms with E-state index in [1.54, 1.807) is 31.2 Å². The van der Waals surface area contributed by atoms with Crippen molar-refractivity contribution in [3.63, 3.8) is 0 Å². The minimum absolute atomic E-state index is 0.105. The number of methoxy groups -OCH3 is 1. The van der Waals surface area contributed by atoms with Crippen molar-refractivity contribution in [1.29, 1.82) is 0 Å². The highest BCUT2D eigenvalue weighted by molar-refractivity contribution is 6.47. The fraction of sp³-hybridized carbons (Fsp3) is 0.214. The summed E-state index contributed by atoms with van der Waals surface area (Å²) in [5, 5.41) is 21.7. The zero-order chi connectivity index (χ0) is 26.7. The summed E-state index contributed by atoms with van der Waals surface area (Å²) in [6.07, 6.45) is 0.333. The number of benzene rings is 3. The molecule has 1 unspecified atom stereocenters. The van der Waals surface area contributed by atoms with Crippen LogP contribution in [0.15, 0.2) is 66.2 Å². The topological polar surface area (TPSA) is 96.3 Å². The third-order valence-electron chi connectivity index (χ3n) is 6.12. The number of carbonyl (C=O) groups excluding carboxylic acids is 2. The molecular weight excluding hydrogens is 501 g/mol. The molecule has 2 N–H and O–H groups in total. The molecular formula is C28H25ClFNO6. The van der Waals surface area contributed by atoms with Gasteiger partial charge in [-0.05, 0) is 66.9 Å². The van der Waals surface area contributed by atoms with E-state index in [4.69, 9.17) is 21.1 Å². The number of likely N-dealkylation sites (tertiary alicyclic amines) is 1. The number of aliphatic hydroxyl groups excluding tert-OH is 1. The summed E-state index contributed by atoms with van der Waals surface area (Å²) >= 11 is 6.34. The summed E-state index contributed by atoms with van der Waals surface area (Å²) in [7, 11) is 1.45. The van der Waals surface area contributed by atoms with Crippen LogP contribution in [-0.4, -0.2) is 47.1 Å². The quantitative estimate of drug-likeness (QED) is 0.237. The molecule has 0 aliphatic carbocycles. The van der Waals surface area contributed by atoms with Crippen molar-refractivity contribution >= 4 is 29.1 Å². The SMILES string of the molecule is CCOc1cc(C2/C(=C(\O)c3cc(OC)ccc3Cl)C(=O)C(=O)N2CCc2ccc(F)cc2)ccc1O. The molecule has 1 saturated heterocycles. The lowest BCUT2D eigenvalue weighted by atomic mass is 9.94. The van der Waals surface area contributed by atoms with Gasteiger partial charge in [-0.25, -0.2) is 4.39 Å². The number of nitrogens with zero attached hydrogens (tertiary/aromatic N) is 1. The molecule has 0 saturated carbocycles. The van der Waals surface area contributed by atoms with Gasteiger partial charge in [0.2, 0.25) is 0 Å². The number of amides is 1. The van der Waals surface area contributed by atoms with Crippen LogP contribution in [0.1, 0.15) is 29.7 Å². The average Bonchev–Trinajstić information content (AvgIpc) is 3.14. The Morgan fingerprint density at radius 1 is 1.08 bits per heavy atom. The van der Waals surface area contributed by atoms with Crippen molar-refractivity contribution < 1.29 is 33.7 Å². The summed E-state index contributed by atoms with van der Waals surface area (Å²) in [6.45, 7) is 2.14. The second-order valence-corrected chi connectivity index (χ2v) is 8.78. The van der Waals surface area contributed by atoms with Gasteiger partial charge in [-0.3, -0.25) is 9.59 Å². The maximum Gasteiger partial charge on any atom is 0.295 e. The summed E-state index contributed by atoms with van der Waals surface area (Å²) in [4.78, 5) is 27.9. The number of phenolic OH excluding ortho intramolecular Hbond substituents is 1.